The lowest BCUT2D eigenvalue weighted by Gasteiger charge is -2.32. The molecule has 1 fully saturated rings. The van der Waals surface area contributed by atoms with E-state index < -0.39 is 0 Å². The van der Waals surface area contributed by atoms with Crippen molar-refractivity contribution < 1.29 is 14.3 Å². The summed E-state index contributed by atoms with van der Waals surface area (Å²) >= 11 is 0. The predicted octanol–water partition coefficient (Wildman–Crippen LogP) is 2.23. The number of benzene rings is 1. The average molecular weight is 356 g/mol. The highest BCUT2D eigenvalue weighted by Gasteiger charge is 2.26. The fraction of sp³-hybridized carbons (Fsp3) is 0.421. The van der Waals surface area contributed by atoms with Crippen LogP contribution in [-0.4, -0.2) is 61.4 Å². The molecule has 1 saturated heterocycles. The second-order valence-corrected chi connectivity index (χ2v) is 6.49. The second-order valence-electron chi connectivity index (χ2n) is 6.49. The minimum absolute atomic E-state index is 0.0319. The summed E-state index contributed by atoms with van der Waals surface area (Å²) in [6, 6.07) is 11.1. The van der Waals surface area contributed by atoms with Gasteiger partial charge in [0.1, 0.15) is 6.10 Å². The standard InChI is InChI=1S/C19H24N4O3/c1-22(2)15-8-6-14(7-9-15)19(24)23-12-4-5-16(13-23)26-18-11-10-17(25-3)20-21-18/h6-11,16H,4-5,12-13H2,1-3H3. The number of piperidine rings is 1. The Bertz CT molecular complexity index is 731. The summed E-state index contributed by atoms with van der Waals surface area (Å²) in [5.41, 5.74) is 1.76. The van der Waals surface area contributed by atoms with Crippen LogP contribution in [0.15, 0.2) is 36.4 Å². The number of methoxy groups -OCH3 is 1. The quantitative estimate of drug-likeness (QED) is 0.818. The Balaban J connectivity index is 1.62. The first-order valence-electron chi connectivity index (χ1n) is 8.68. The van der Waals surface area contributed by atoms with Crippen LogP contribution in [0, 0.1) is 0 Å². The Morgan fingerprint density at radius 3 is 2.42 bits per heavy atom. The second kappa shape index (κ2) is 8.03. The molecule has 7 nitrogen and oxygen atoms in total. The molecule has 0 saturated carbocycles. The lowest BCUT2D eigenvalue weighted by atomic mass is 10.1. The van der Waals surface area contributed by atoms with Crippen LogP contribution in [0.5, 0.6) is 11.8 Å². The number of amides is 1. The highest BCUT2D eigenvalue weighted by atomic mass is 16.5. The summed E-state index contributed by atoms with van der Waals surface area (Å²) < 4.78 is 10.9. The highest BCUT2D eigenvalue weighted by molar-refractivity contribution is 5.94. The van der Waals surface area contributed by atoms with Crippen LogP contribution in [0.3, 0.4) is 0 Å². The van der Waals surface area contributed by atoms with Gasteiger partial charge in [-0.15, -0.1) is 10.2 Å². The van der Waals surface area contributed by atoms with Crippen molar-refractivity contribution in [2.75, 3.05) is 39.2 Å². The third-order valence-corrected chi connectivity index (χ3v) is 4.41. The van der Waals surface area contributed by atoms with Crippen molar-refractivity contribution in [2.24, 2.45) is 0 Å². The van der Waals surface area contributed by atoms with Gasteiger partial charge in [0, 0.05) is 44.0 Å². The van der Waals surface area contributed by atoms with Crippen LogP contribution in [-0.2, 0) is 0 Å². The summed E-state index contributed by atoms with van der Waals surface area (Å²) in [5, 5.41) is 7.90. The zero-order valence-corrected chi connectivity index (χ0v) is 15.4. The first-order valence-corrected chi connectivity index (χ1v) is 8.68. The highest BCUT2D eigenvalue weighted by Crippen LogP contribution is 2.20. The molecule has 1 aromatic carbocycles. The zero-order chi connectivity index (χ0) is 18.5. The smallest absolute Gasteiger partial charge is 0.253 e. The first kappa shape index (κ1) is 18.0. The van der Waals surface area contributed by atoms with E-state index in [4.69, 9.17) is 9.47 Å². The molecule has 1 aromatic heterocycles. The Morgan fingerprint density at radius 1 is 1.12 bits per heavy atom. The van der Waals surface area contributed by atoms with Crippen LogP contribution in [0.1, 0.15) is 23.2 Å². The maximum absolute atomic E-state index is 12.8. The lowest BCUT2D eigenvalue weighted by Crippen LogP contribution is -2.44. The van der Waals surface area contributed by atoms with Gasteiger partial charge in [-0.3, -0.25) is 4.79 Å². The third-order valence-electron chi connectivity index (χ3n) is 4.41. The van der Waals surface area contributed by atoms with E-state index in [1.165, 1.54) is 0 Å². The number of carbonyl (C=O) groups excluding carboxylic acids is 1. The molecule has 138 valence electrons. The van der Waals surface area contributed by atoms with E-state index in [0.29, 0.717) is 23.9 Å². The molecule has 1 atom stereocenters. The molecule has 0 N–H and O–H groups in total. The molecule has 2 heterocycles. The average Bonchev–Trinajstić information content (AvgIpc) is 2.68. The molecular weight excluding hydrogens is 332 g/mol. The van der Waals surface area contributed by atoms with Crippen molar-refractivity contribution in [1.29, 1.82) is 0 Å². The van der Waals surface area contributed by atoms with E-state index in [-0.39, 0.29) is 12.0 Å². The largest absolute Gasteiger partial charge is 0.480 e. The normalized spacial score (nSPS) is 16.9. The van der Waals surface area contributed by atoms with Gasteiger partial charge in [0.05, 0.1) is 13.7 Å². The number of hydrogen-bond acceptors (Lipinski definition) is 6. The number of nitrogens with zero attached hydrogens (tertiary/aromatic N) is 4. The van der Waals surface area contributed by atoms with E-state index in [9.17, 15) is 4.79 Å². The number of likely N-dealkylation sites (tertiary alicyclic amines) is 1. The molecular formula is C19H24N4O3. The summed E-state index contributed by atoms with van der Waals surface area (Å²) in [7, 11) is 5.50. The van der Waals surface area contributed by atoms with Crippen LogP contribution in [0.4, 0.5) is 5.69 Å². The zero-order valence-electron chi connectivity index (χ0n) is 15.4. The fourth-order valence-electron chi connectivity index (χ4n) is 2.95. The van der Waals surface area contributed by atoms with Crippen LogP contribution < -0.4 is 14.4 Å². The molecule has 26 heavy (non-hydrogen) atoms. The summed E-state index contributed by atoms with van der Waals surface area (Å²) in [5.74, 6) is 0.920. The number of aromatic nitrogens is 2. The minimum Gasteiger partial charge on any atom is -0.480 e. The van der Waals surface area contributed by atoms with E-state index in [2.05, 4.69) is 10.2 Å². The number of ether oxygens (including phenoxy) is 2. The molecule has 7 heteroatoms. The Morgan fingerprint density at radius 2 is 1.81 bits per heavy atom. The summed E-state index contributed by atoms with van der Waals surface area (Å²) in [6.07, 6.45) is 1.70. The molecule has 0 radical (unpaired) electrons. The van der Waals surface area contributed by atoms with Gasteiger partial charge in [-0.1, -0.05) is 0 Å². The Labute approximate surface area is 153 Å². The van der Waals surface area contributed by atoms with E-state index >= 15 is 0 Å². The van der Waals surface area contributed by atoms with Gasteiger partial charge in [-0.2, -0.15) is 0 Å². The van der Waals surface area contributed by atoms with Gasteiger partial charge in [0.2, 0.25) is 11.8 Å². The Hall–Kier alpha value is -2.83. The van der Waals surface area contributed by atoms with Gasteiger partial charge in [-0.25, -0.2) is 0 Å². The van der Waals surface area contributed by atoms with Crippen molar-refractivity contribution in [1.82, 2.24) is 15.1 Å². The van der Waals surface area contributed by atoms with Crippen molar-refractivity contribution in [2.45, 2.75) is 18.9 Å². The molecule has 0 spiro atoms. The number of rotatable bonds is 5. The van der Waals surface area contributed by atoms with Crippen LogP contribution >= 0.6 is 0 Å². The lowest BCUT2D eigenvalue weighted by molar-refractivity contribution is 0.0525. The molecule has 0 bridgehead atoms. The molecule has 0 aliphatic carbocycles. The van der Waals surface area contributed by atoms with Gasteiger partial charge in [0.25, 0.3) is 5.91 Å². The van der Waals surface area contributed by atoms with Crippen molar-refractivity contribution in [3.63, 3.8) is 0 Å². The molecule has 3 rings (SSSR count). The maximum atomic E-state index is 12.8. The third kappa shape index (κ3) is 4.22. The van der Waals surface area contributed by atoms with Gasteiger partial charge in [-0.05, 0) is 37.1 Å². The molecule has 1 aliphatic rings. The molecule has 1 aliphatic heterocycles. The van der Waals surface area contributed by atoms with Crippen molar-refractivity contribution >= 4 is 11.6 Å². The van der Waals surface area contributed by atoms with Crippen molar-refractivity contribution in [3.05, 3.63) is 42.0 Å². The molecule has 1 amide bonds. The number of anilines is 1. The minimum atomic E-state index is -0.0866. The summed E-state index contributed by atoms with van der Waals surface area (Å²) in [4.78, 5) is 16.6. The Kier molecular flexibility index (Phi) is 5.55. The SMILES string of the molecule is COc1ccc(OC2CCCN(C(=O)c3ccc(N(C)C)cc3)C2)nn1. The molecule has 2 aromatic rings. The maximum Gasteiger partial charge on any atom is 0.253 e. The van der Waals surface area contributed by atoms with Crippen molar-refractivity contribution in [3.8, 4) is 11.8 Å². The predicted molar refractivity (Wildman–Crippen MR) is 98.9 cm³/mol. The van der Waals surface area contributed by atoms with Crippen LogP contribution in [0.2, 0.25) is 0 Å². The van der Waals surface area contributed by atoms with Gasteiger partial charge < -0.3 is 19.3 Å². The van der Waals surface area contributed by atoms with Gasteiger partial charge in [0.15, 0.2) is 0 Å². The van der Waals surface area contributed by atoms with Gasteiger partial charge >= 0.3 is 0 Å². The first-order chi connectivity index (χ1) is 12.6. The fourth-order valence-corrected chi connectivity index (χ4v) is 2.95. The number of hydrogen-bond donors (Lipinski definition) is 0. The van der Waals surface area contributed by atoms with E-state index in [1.807, 2.05) is 48.2 Å². The van der Waals surface area contributed by atoms with Crippen LogP contribution in [0.25, 0.3) is 0 Å². The summed E-state index contributed by atoms with van der Waals surface area (Å²) in [6.45, 7) is 1.28. The number of carbonyl (C=O) groups is 1. The molecule has 1 unspecified atom stereocenters. The monoisotopic (exact) mass is 356 g/mol. The van der Waals surface area contributed by atoms with E-state index in [1.54, 1.807) is 19.2 Å². The van der Waals surface area contributed by atoms with E-state index in [0.717, 1.165) is 25.1 Å². The topological polar surface area (TPSA) is 67.8 Å².